The fourth-order valence-corrected chi connectivity index (χ4v) is 3.00. The van der Waals surface area contributed by atoms with E-state index in [4.69, 9.17) is 28.6 Å². The van der Waals surface area contributed by atoms with Gasteiger partial charge >= 0.3 is 0 Å². The monoisotopic (exact) mass is 254 g/mol. The molecule has 3 atom stereocenters. The lowest BCUT2D eigenvalue weighted by Gasteiger charge is -2.07. The molecule has 2 unspecified atom stereocenters. The van der Waals surface area contributed by atoms with Crippen molar-refractivity contribution in [1.29, 1.82) is 5.41 Å². The fourth-order valence-electron chi connectivity index (χ4n) is 2.70. The molecule has 1 aromatic rings. The predicted octanol–water partition coefficient (Wildman–Crippen LogP) is 2.83. The SMILES string of the molecule is N=C(c1ccc(Cl)c(Cl)c1)C1C2CNC[C@H]21. The molecule has 3 rings (SSSR count). The van der Waals surface area contributed by atoms with Gasteiger partial charge in [0.1, 0.15) is 0 Å². The van der Waals surface area contributed by atoms with E-state index in [9.17, 15) is 0 Å². The van der Waals surface area contributed by atoms with Crippen LogP contribution in [0.25, 0.3) is 0 Å². The number of rotatable bonds is 2. The highest BCUT2D eigenvalue weighted by atomic mass is 35.5. The summed E-state index contributed by atoms with van der Waals surface area (Å²) in [7, 11) is 0. The van der Waals surface area contributed by atoms with Crippen LogP contribution in [0.3, 0.4) is 0 Å². The Balaban J connectivity index is 1.82. The number of fused-ring (bicyclic) bond motifs is 1. The van der Waals surface area contributed by atoms with E-state index < -0.39 is 0 Å². The minimum atomic E-state index is 0.429. The number of nitrogens with one attached hydrogen (secondary N) is 2. The minimum absolute atomic E-state index is 0.429. The van der Waals surface area contributed by atoms with Crippen molar-refractivity contribution in [3.63, 3.8) is 0 Å². The normalized spacial score (nSPS) is 31.2. The molecule has 2 N–H and O–H groups in total. The van der Waals surface area contributed by atoms with Crippen LogP contribution in [0.5, 0.6) is 0 Å². The maximum absolute atomic E-state index is 8.18. The minimum Gasteiger partial charge on any atom is -0.316 e. The van der Waals surface area contributed by atoms with Gasteiger partial charge < -0.3 is 10.7 Å². The van der Waals surface area contributed by atoms with E-state index in [-0.39, 0.29) is 0 Å². The zero-order chi connectivity index (χ0) is 11.3. The molecule has 0 bridgehead atoms. The number of halogens is 2. The van der Waals surface area contributed by atoms with Gasteiger partial charge in [0.25, 0.3) is 0 Å². The van der Waals surface area contributed by atoms with Crippen molar-refractivity contribution in [3.05, 3.63) is 33.8 Å². The molecule has 0 amide bonds. The summed E-state index contributed by atoms with van der Waals surface area (Å²) in [5.74, 6) is 1.77. The van der Waals surface area contributed by atoms with Crippen molar-refractivity contribution in [2.75, 3.05) is 13.1 Å². The first kappa shape index (κ1) is 10.6. The highest BCUT2D eigenvalue weighted by Gasteiger charge is 2.54. The average Bonchev–Trinajstić information content (AvgIpc) is 2.74. The molecule has 1 heterocycles. The Hall–Kier alpha value is -0.570. The Bertz CT molecular complexity index is 448. The molecule has 0 spiro atoms. The molecule has 4 heteroatoms. The van der Waals surface area contributed by atoms with Crippen molar-refractivity contribution in [2.24, 2.45) is 17.8 Å². The summed E-state index contributed by atoms with van der Waals surface area (Å²) in [4.78, 5) is 0. The van der Waals surface area contributed by atoms with Crippen LogP contribution in [0.4, 0.5) is 0 Å². The maximum Gasteiger partial charge on any atom is 0.0598 e. The van der Waals surface area contributed by atoms with Gasteiger partial charge in [0, 0.05) is 11.6 Å². The topological polar surface area (TPSA) is 35.9 Å². The first-order valence-electron chi connectivity index (χ1n) is 5.43. The Kier molecular flexibility index (Phi) is 2.46. The fraction of sp³-hybridized carbons (Fsp3) is 0.417. The molecular formula is C12H12Cl2N2. The van der Waals surface area contributed by atoms with Crippen LogP contribution < -0.4 is 5.32 Å². The number of hydrogen-bond acceptors (Lipinski definition) is 2. The second-order valence-electron chi connectivity index (χ2n) is 4.55. The standard InChI is InChI=1S/C12H12Cl2N2/c13-9-2-1-6(3-10(9)14)12(15)11-7-4-16-5-8(7)11/h1-3,7-8,11,15-16H,4-5H2/t7-,8?,11?/m1/s1. The average molecular weight is 255 g/mol. The smallest absolute Gasteiger partial charge is 0.0598 e. The van der Waals surface area contributed by atoms with Crippen molar-refractivity contribution < 1.29 is 0 Å². The molecule has 1 aliphatic carbocycles. The summed E-state index contributed by atoms with van der Waals surface area (Å²) in [6.07, 6.45) is 0. The van der Waals surface area contributed by atoms with E-state index >= 15 is 0 Å². The molecular weight excluding hydrogens is 243 g/mol. The lowest BCUT2D eigenvalue weighted by molar-refractivity contribution is 0.684. The Labute approximate surface area is 104 Å². The zero-order valence-corrected chi connectivity index (χ0v) is 10.1. The molecule has 1 saturated carbocycles. The number of hydrogen-bond donors (Lipinski definition) is 2. The third-order valence-corrected chi connectivity index (χ3v) is 4.39. The summed E-state index contributed by atoms with van der Waals surface area (Å²) >= 11 is 11.8. The quantitative estimate of drug-likeness (QED) is 0.783. The van der Waals surface area contributed by atoms with Gasteiger partial charge in [-0.3, -0.25) is 0 Å². The van der Waals surface area contributed by atoms with Crippen molar-refractivity contribution in [1.82, 2.24) is 5.32 Å². The first-order valence-corrected chi connectivity index (χ1v) is 6.18. The molecule has 84 valence electrons. The van der Waals surface area contributed by atoms with Crippen LogP contribution in [-0.4, -0.2) is 18.8 Å². The van der Waals surface area contributed by atoms with Gasteiger partial charge in [-0.2, -0.15) is 0 Å². The Morgan fingerprint density at radius 1 is 1.19 bits per heavy atom. The van der Waals surface area contributed by atoms with Crippen LogP contribution in [0, 0.1) is 23.2 Å². The summed E-state index contributed by atoms with van der Waals surface area (Å²) in [5, 5.41) is 12.6. The Morgan fingerprint density at radius 2 is 1.88 bits per heavy atom. The lowest BCUT2D eigenvalue weighted by Crippen LogP contribution is -2.19. The zero-order valence-electron chi connectivity index (χ0n) is 8.63. The maximum atomic E-state index is 8.18. The van der Waals surface area contributed by atoms with Crippen molar-refractivity contribution >= 4 is 28.9 Å². The molecule has 1 saturated heterocycles. The summed E-state index contributed by atoms with van der Waals surface area (Å²) in [6.45, 7) is 2.11. The van der Waals surface area contributed by atoms with Crippen molar-refractivity contribution in [3.8, 4) is 0 Å². The molecule has 16 heavy (non-hydrogen) atoms. The molecule has 2 aliphatic rings. The van der Waals surface area contributed by atoms with E-state index in [1.165, 1.54) is 0 Å². The van der Waals surface area contributed by atoms with Crippen LogP contribution >= 0.6 is 23.2 Å². The first-order chi connectivity index (χ1) is 7.68. The van der Waals surface area contributed by atoms with E-state index in [0.29, 0.717) is 27.8 Å². The van der Waals surface area contributed by atoms with E-state index in [1.54, 1.807) is 12.1 Å². The molecule has 2 nitrogen and oxygen atoms in total. The van der Waals surface area contributed by atoms with E-state index in [1.807, 2.05) is 6.07 Å². The molecule has 1 aromatic carbocycles. The summed E-state index contributed by atoms with van der Waals surface area (Å²) < 4.78 is 0. The number of piperidine rings is 1. The van der Waals surface area contributed by atoms with Gasteiger partial charge in [0.2, 0.25) is 0 Å². The van der Waals surface area contributed by atoms with Gasteiger partial charge in [-0.15, -0.1) is 0 Å². The van der Waals surface area contributed by atoms with Crippen LogP contribution in [0.15, 0.2) is 18.2 Å². The highest BCUT2D eigenvalue weighted by Crippen LogP contribution is 2.50. The van der Waals surface area contributed by atoms with Gasteiger partial charge in [-0.05, 0) is 42.6 Å². The van der Waals surface area contributed by atoms with Gasteiger partial charge in [0.15, 0.2) is 0 Å². The number of benzene rings is 1. The highest BCUT2D eigenvalue weighted by molar-refractivity contribution is 6.42. The second kappa shape index (κ2) is 3.73. The summed E-state index contributed by atoms with van der Waals surface area (Å²) in [6, 6.07) is 5.45. The van der Waals surface area contributed by atoms with E-state index in [0.717, 1.165) is 24.4 Å². The predicted molar refractivity (Wildman–Crippen MR) is 66.6 cm³/mol. The lowest BCUT2D eigenvalue weighted by atomic mass is 10.0. The van der Waals surface area contributed by atoms with Crippen LogP contribution in [0.1, 0.15) is 5.56 Å². The molecule has 2 fully saturated rings. The van der Waals surface area contributed by atoms with Crippen molar-refractivity contribution in [2.45, 2.75) is 0 Å². The van der Waals surface area contributed by atoms with Crippen LogP contribution in [0.2, 0.25) is 10.0 Å². The van der Waals surface area contributed by atoms with Gasteiger partial charge in [0.05, 0.1) is 10.0 Å². The van der Waals surface area contributed by atoms with E-state index in [2.05, 4.69) is 5.32 Å². The Morgan fingerprint density at radius 3 is 2.50 bits per heavy atom. The van der Waals surface area contributed by atoms with Gasteiger partial charge in [-0.1, -0.05) is 29.3 Å². The third-order valence-electron chi connectivity index (χ3n) is 3.66. The molecule has 0 radical (unpaired) electrons. The second-order valence-corrected chi connectivity index (χ2v) is 5.37. The van der Waals surface area contributed by atoms with Gasteiger partial charge in [-0.25, -0.2) is 0 Å². The largest absolute Gasteiger partial charge is 0.316 e. The summed E-state index contributed by atoms with van der Waals surface area (Å²) in [5.41, 5.74) is 1.63. The molecule has 0 aromatic heterocycles. The molecule has 1 aliphatic heterocycles. The third kappa shape index (κ3) is 1.56. The van der Waals surface area contributed by atoms with Crippen LogP contribution in [-0.2, 0) is 0 Å².